The molecule has 7 heteroatoms. The van der Waals surface area contributed by atoms with Gasteiger partial charge in [0.1, 0.15) is 11.0 Å². The number of benzene rings is 1. The number of nitrogens with one attached hydrogen (secondary N) is 1. The monoisotopic (exact) mass is 438 g/mol. The Bertz CT molecular complexity index is 1250. The summed E-state index contributed by atoms with van der Waals surface area (Å²) < 4.78 is 6.53. The molecule has 0 fully saturated rings. The number of hydrogen-bond donors (Lipinski definition) is 1. The molecule has 1 aromatic carbocycles. The van der Waals surface area contributed by atoms with Gasteiger partial charge in [0.2, 0.25) is 5.91 Å². The van der Waals surface area contributed by atoms with Crippen molar-refractivity contribution in [1.82, 2.24) is 4.57 Å². The normalized spacial score (nSPS) is 14.2. The molecule has 1 aliphatic carbocycles. The zero-order chi connectivity index (χ0) is 22.3. The van der Waals surface area contributed by atoms with Gasteiger partial charge in [0.25, 0.3) is 5.56 Å². The quantitative estimate of drug-likeness (QED) is 0.607. The molecule has 0 aliphatic heterocycles. The minimum absolute atomic E-state index is 0.222. The second-order valence-corrected chi connectivity index (χ2v) is 9.18. The molecule has 1 atom stereocenters. The van der Waals surface area contributed by atoms with Gasteiger partial charge in [-0.3, -0.25) is 14.2 Å². The maximum atomic E-state index is 13.3. The number of carbonyl (C=O) groups is 2. The molecule has 3 aromatic rings. The number of esters is 1. The van der Waals surface area contributed by atoms with Gasteiger partial charge in [-0.05, 0) is 63.1 Å². The maximum absolute atomic E-state index is 13.3. The fourth-order valence-electron chi connectivity index (χ4n) is 4.43. The van der Waals surface area contributed by atoms with Crippen LogP contribution in [0.2, 0.25) is 0 Å². The lowest BCUT2D eigenvalue weighted by Crippen LogP contribution is -2.32. The lowest BCUT2D eigenvalue weighted by molar-refractivity contribution is -0.118. The first kappa shape index (κ1) is 21.3. The van der Waals surface area contributed by atoms with Crippen LogP contribution in [0.3, 0.4) is 0 Å². The fraction of sp³-hybridized carbons (Fsp3) is 0.375. The molecule has 162 valence electrons. The number of ether oxygens (including phenoxy) is 1. The molecule has 4 rings (SSSR count). The average Bonchev–Trinajstić information content (AvgIpc) is 3.11. The molecule has 1 N–H and O–H groups in total. The van der Waals surface area contributed by atoms with Gasteiger partial charge in [-0.15, -0.1) is 11.3 Å². The van der Waals surface area contributed by atoms with Gasteiger partial charge in [0, 0.05) is 16.3 Å². The van der Waals surface area contributed by atoms with Gasteiger partial charge in [-0.25, -0.2) is 4.79 Å². The highest BCUT2D eigenvalue weighted by molar-refractivity contribution is 7.17. The zero-order valence-electron chi connectivity index (χ0n) is 18.2. The van der Waals surface area contributed by atoms with Crippen LogP contribution in [0.15, 0.2) is 29.1 Å². The molecule has 6 nitrogen and oxygen atoms in total. The molecule has 31 heavy (non-hydrogen) atoms. The average molecular weight is 439 g/mol. The molecule has 0 radical (unpaired) electrons. The van der Waals surface area contributed by atoms with Crippen LogP contribution in [0.1, 0.15) is 57.7 Å². The SMILES string of the molecule is COC(=O)c1c(NC(=O)C(C)n2c(=O)cc(C)c3cccc(C)c32)sc2c1CCCC2. The summed E-state index contributed by atoms with van der Waals surface area (Å²) in [7, 11) is 1.35. The van der Waals surface area contributed by atoms with E-state index >= 15 is 0 Å². The van der Waals surface area contributed by atoms with Gasteiger partial charge in [-0.2, -0.15) is 0 Å². The Kier molecular flexibility index (Phi) is 5.71. The largest absolute Gasteiger partial charge is 0.465 e. The Balaban J connectivity index is 1.76. The Morgan fingerprint density at radius 1 is 1.16 bits per heavy atom. The predicted molar refractivity (Wildman–Crippen MR) is 123 cm³/mol. The number of thiophene rings is 1. The van der Waals surface area contributed by atoms with E-state index < -0.39 is 12.0 Å². The minimum Gasteiger partial charge on any atom is -0.465 e. The second-order valence-electron chi connectivity index (χ2n) is 8.08. The van der Waals surface area contributed by atoms with E-state index in [-0.39, 0.29) is 11.5 Å². The van der Waals surface area contributed by atoms with E-state index in [1.807, 2.05) is 32.0 Å². The summed E-state index contributed by atoms with van der Waals surface area (Å²) in [5, 5.41) is 4.38. The third-order valence-corrected chi connectivity index (χ3v) is 7.25. The van der Waals surface area contributed by atoms with Crippen LogP contribution in [0, 0.1) is 13.8 Å². The summed E-state index contributed by atoms with van der Waals surface area (Å²) in [6.07, 6.45) is 3.79. The number of para-hydroxylation sites is 1. The Morgan fingerprint density at radius 2 is 1.90 bits per heavy atom. The number of aryl methyl sites for hydroxylation is 3. The number of pyridine rings is 1. The first-order chi connectivity index (χ1) is 14.8. The molecule has 1 unspecified atom stereocenters. The topological polar surface area (TPSA) is 77.4 Å². The lowest BCUT2D eigenvalue weighted by atomic mass is 9.95. The van der Waals surface area contributed by atoms with E-state index in [1.54, 1.807) is 17.6 Å². The van der Waals surface area contributed by atoms with Crippen molar-refractivity contribution in [2.75, 3.05) is 12.4 Å². The summed E-state index contributed by atoms with van der Waals surface area (Å²) in [5.41, 5.74) is 3.79. The van der Waals surface area contributed by atoms with Crippen LogP contribution >= 0.6 is 11.3 Å². The smallest absolute Gasteiger partial charge is 0.341 e. The Morgan fingerprint density at radius 3 is 2.65 bits per heavy atom. The van der Waals surface area contributed by atoms with Crippen LogP contribution < -0.4 is 10.9 Å². The summed E-state index contributed by atoms with van der Waals surface area (Å²) in [6, 6.07) is 6.66. The van der Waals surface area contributed by atoms with E-state index in [9.17, 15) is 14.4 Å². The van der Waals surface area contributed by atoms with Crippen molar-refractivity contribution >= 4 is 39.1 Å². The van der Waals surface area contributed by atoms with Gasteiger partial charge in [0.05, 0.1) is 18.2 Å². The lowest BCUT2D eigenvalue weighted by Gasteiger charge is -2.20. The molecule has 1 amide bonds. The van der Waals surface area contributed by atoms with Crippen LogP contribution in [0.5, 0.6) is 0 Å². The van der Waals surface area contributed by atoms with Gasteiger partial charge >= 0.3 is 5.97 Å². The van der Waals surface area contributed by atoms with Gasteiger partial charge in [0.15, 0.2) is 0 Å². The number of amides is 1. The van der Waals surface area contributed by atoms with Crippen molar-refractivity contribution in [2.45, 2.75) is 52.5 Å². The molecule has 0 saturated carbocycles. The van der Waals surface area contributed by atoms with E-state index in [2.05, 4.69) is 5.32 Å². The summed E-state index contributed by atoms with van der Waals surface area (Å²) in [4.78, 5) is 39.8. The molecule has 1 aliphatic rings. The first-order valence-electron chi connectivity index (χ1n) is 10.5. The van der Waals surface area contributed by atoms with Crippen molar-refractivity contribution in [3.63, 3.8) is 0 Å². The Hall–Kier alpha value is -2.93. The molecule has 2 heterocycles. The third kappa shape index (κ3) is 3.67. The number of carbonyl (C=O) groups excluding carboxylic acids is 2. The van der Waals surface area contributed by atoms with Gasteiger partial charge in [-0.1, -0.05) is 18.2 Å². The molecule has 2 aromatic heterocycles. The predicted octanol–water partition coefficient (Wildman–Crippen LogP) is 4.54. The molecule has 0 saturated heterocycles. The first-order valence-corrected chi connectivity index (χ1v) is 11.3. The number of hydrogen-bond acceptors (Lipinski definition) is 5. The van der Waals surface area contributed by atoms with Crippen LogP contribution in [-0.2, 0) is 22.4 Å². The standard InChI is InChI=1S/C24H26N2O4S/c1-13-8-7-10-16-14(2)12-19(27)26(21(13)16)15(3)22(28)25-23-20(24(29)30-4)17-9-5-6-11-18(17)31-23/h7-8,10,12,15H,5-6,9,11H2,1-4H3,(H,25,28). The van der Waals surface area contributed by atoms with E-state index in [0.29, 0.717) is 10.6 Å². The third-order valence-electron chi connectivity index (χ3n) is 6.05. The van der Waals surface area contributed by atoms with E-state index in [1.165, 1.54) is 18.4 Å². The van der Waals surface area contributed by atoms with Crippen molar-refractivity contribution in [3.8, 4) is 0 Å². The number of rotatable bonds is 4. The highest BCUT2D eigenvalue weighted by Crippen LogP contribution is 2.39. The number of fused-ring (bicyclic) bond motifs is 2. The van der Waals surface area contributed by atoms with E-state index in [0.717, 1.165) is 58.2 Å². The van der Waals surface area contributed by atoms with Crippen molar-refractivity contribution < 1.29 is 14.3 Å². The van der Waals surface area contributed by atoms with Crippen LogP contribution in [-0.4, -0.2) is 23.6 Å². The van der Waals surface area contributed by atoms with Crippen LogP contribution in [0.4, 0.5) is 5.00 Å². The summed E-state index contributed by atoms with van der Waals surface area (Å²) >= 11 is 1.44. The molecule has 0 spiro atoms. The summed E-state index contributed by atoms with van der Waals surface area (Å²) in [5.74, 6) is -0.768. The molecule has 0 bridgehead atoms. The maximum Gasteiger partial charge on any atom is 0.341 e. The number of methoxy groups -OCH3 is 1. The van der Waals surface area contributed by atoms with Crippen molar-refractivity contribution in [3.05, 3.63) is 61.8 Å². The number of aromatic nitrogens is 1. The van der Waals surface area contributed by atoms with Gasteiger partial charge < -0.3 is 10.1 Å². The molecular formula is C24H26N2O4S. The Labute approximate surface area is 184 Å². The minimum atomic E-state index is -0.749. The number of nitrogens with zero attached hydrogens (tertiary/aromatic N) is 1. The zero-order valence-corrected chi connectivity index (χ0v) is 19.0. The fourth-order valence-corrected chi connectivity index (χ4v) is 5.71. The van der Waals surface area contributed by atoms with Crippen molar-refractivity contribution in [1.29, 1.82) is 0 Å². The van der Waals surface area contributed by atoms with E-state index in [4.69, 9.17) is 4.74 Å². The summed E-state index contributed by atoms with van der Waals surface area (Å²) in [6.45, 7) is 5.55. The van der Waals surface area contributed by atoms with Crippen LogP contribution in [0.25, 0.3) is 10.9 Å². The second kappa shape index (κ2) is 8.30. The molecular weight excluding hydrogens is 412 g/mol. The highest BCUT2D eigenvalue weighted by atomic mass is 32.1. The van der Waals surface area contributed by atoms with Crippen molar-refractivity contribution in [2.24, 2.45) is 0 Å². The number of anilines is 1. The highest BCUT2D eigenvalue weighted by Gasteiger charge is 2.28.